The van der Waals surface area contributed by atoms with Gasteiger partial charge in [0.25, 0.3) is 11.5 Å². The Kier molecular flexibility index (Phi) is 3.65. The molecule has 1 aliphatic carbocycles. The third-order valence-electron chi connectivity index (χ3n) is 4.56. The molecule has 4 nitrogen and oxygen atoms in total. The molecule has 2 aromatic heterocycles. The highest BCUT2D eigenvalue weighted by Gasteiger charge is 2.19. The van der Waals surface area contributed by atoms with E-state index in [1.54, 1.807) is 6.07 Å². The van der Waals surface area contributed by atoms with Crippen molar-refractivity contribution in [2.75, 3.05) is 0 Å². The van der Waals surface area contributed by atoms with Crippen molar-refractivity contribution in [3.63, 3.8) is 0 Å². The summed E-state index contributed by atoms with van der Waals surface area (Å²) < 4.78 is 0.887. The molecule has 1 saturated carbocycles. The molecule has 1 fully saturated rings. The van der Waals surface area contributed by atoms with Crippen LogP contribution in [-0.2, 0) is 0 Å². The number of thiophene rings is 1. The number of hydrogen-bond donors (Lipinski definition) is 2. The molecule has 1 amide bonds. The van der Waals surface area contributed by atoms with Gasteiger partial charge in [-0.05, 0) is 25.0 Å². The lowest BCUT2D eigenvalue weighted by molar-refractivity contribution is 0.0932. The molecule has 118 valence electrons. The van der Waals surface area contributed by atoms with Crippen molar-refractivity contribution in [3.8, 4) is 0 Å². The van der Waals surface area contributed by atoms with E-state index in [4.69, 9.17) is 0 Å². The zero-order valence-electron chi connectivity index (χ0n) is 12.7. The van der Waals surface area contributed by atoms with Gasteiger partial charge in [0.2, 0.25) is 0 Å². The third kappa shape index (κ3) is 2.65. The standard InChI is InChI=1S/C18H18N2O2S/c21-17-13-10-15(18(22)19-11-6-2-1-3-7-11)23-16(13)12-8-4-5-9-14(12)20-17/h4-5,8-11H,1-3,6-7H2,(H,19,22)(H,20,21). The van der Waals surface area contributed by atoms with Crippen LogP contribution < -0.4 is 10.9 Å². The van der Waals surface area contributed by atoms with Crippen LogP contribution in [0.3, 0.4) is 0 Å². The number of amides is 1. The van der Waals surface area contributed by atoms with Gasteiger partial charge in [-0.1, -0.05) is 37.5 Å². The second kappa shape index (κ2) is 5.81. The Bertz CT molecular complexity index is 935. The Balaban J connectivity index is 1.73. The van der Waals surface area contributed by atoms with Crippen molar-refractivity contribution in [2.45, 2.75) is 38.1 Å². The van der Waals surface area contributed by atoms with Gasteiger partial charge in [-0.25, -0.2) is 0 Å². The van der Waals surface area contributed by atoms with Crippen LogP contribution >= 0.6 is 11.3 Å². The van der Waals surface area contributed by atoms with Crippen LogP contribution in [0.1, 0.15) is 41.8 Å². The molecule has 4 rings (SSSR count). The minimum atomic E-state index is -0.133. The van der Waals surface area contributed by atoms with E-state index in [0.717, 1.165) is 28.4 Å². The number of aromatic nitrogens is 1. The zero-order valence-corrected chi connectivity index (χ0v) is 13.5. The maximum absolute atomic E-state index is 12.5. The Labute approximate surface area is 137 Å². The molecular weight excluding hydrogens is 308 g/mol. The summed E-state index contributed by atoms with van der Waals surface area (Å²) in [7, 11) is 0. The first-order valence-corrected chi connectivity index (χ1v) is 8.89. The van der Waals surface area contributed by atoms with Crippen LogP contribution in [0.15, 0.2) is 35.1 Å². The van der Waals surface area contributed by atoms with Crippen LogP contribution in [0.5, 0.6) is 0 Å². The molecule has 0 atom stereocenters. The van der Waals surface area contributed by atoms with Crippen molar-refractivity contribution in [2.24, 2.45) is 0 Å². The number of carbonyl (C=O) groups excluding carboxylic acids is 1. The largest absolute Gasteiger partial charge is 0.349 e. The molecule has 0 bridgehead atoms. The summed E-state index contributed by atoms with van der Waals surface area (Å²) in [6.45, 7) is 0. The van der Waals surface area contributed by atoms with Gasteiger partial charge in [-0.3, -0.25) is 9.59 Å². The predicted octanol–water partition coefficient (Wildman–Crippen LogP) is 3.81. The quantitative estimate of drug-likeness (QED) is 0.752. The lowest BCUT2D eigenvalue weighted by atomic mass is 9.95. The molecule has 1 aliphatic rings. The van der Waals surface area contributed by atoms with Crippen molar-refractivity contribution in [3.05, 3.63) is 45.6 Å². The minimum Gasteiger partial charge on any atom is -0.349 e. The number of carbonyl (C=O) groups is 1. The predicted molar refractivity (Wildman–Crippen MR) is 94.3 cm³/mol. The average molecular weight is 326 g/mol. The summed E-state index contributed by atoms with van der Waals surface area (Å²) in [4.78, 5) is 28.3. The monoisotopic (exact) mass is 326 g/mol. The highest BCUT2D eigenvalue weighted by Crippen LogP contribution is 2.29. The molecule has 1 aromatic carbocycles. The van der Waals surface area contributed by atoms with Gasteiger partial charge in [0.15, 0.2) is 0 Å². The highest BCUT2D eigenvalue weighted by atomic mass is 32.1. The second-order valence-corrected chi connectivity index (χ2v) is 7.21. The van der Waals surface area contributed by atoms with Crippen molar-refractivity contribution in [1.29, 1.82) is 0 Å². The summed E-state index contributed by atoms with van der Waals surface area (Å²) in [6, 6.07) is 9.71. The number of nitrogens with one attached hydrogen (secondary N) is 2. The number of pyridine rings is 1. The van der Waals surface area contributed by atoms with Gasteiger partial charge >= 0.3 is 0 Å². The number of fused-ring (bicyclic) bond motifs is 3. The summed E-state index contributed by atoms with van der Waals surface area (Å²) in [5.74, 6) is -0.0541. The molecule has 2 N–H and O–H groups in total. The van der Waals surface area contributed by atoms with Crippen LogP contribution in [-0.4, -0.2) is 16.9 Å². The maximum Gasteiger partial charge on any atom is 0.261 e. The Morgan fingerprint density at radius 2 is 1.91 bits per heavy atom. The first kappa shape index (κ1) is 14.5. The van der Waals surface area contributed by atoms with Gasteiger partial charge in [0, 0.05) is 21.6 Å². The Morgan fingerprint density at radius 1 is 1.13 bits per heavy atom. The maximum atomic E-state index is 12.5. The SMILES string of the molecule is O=C(NC1CCCCC1)c1cc2c(=O)[nH]c3ccccc3c2s1. The normalized spacial score (nSPS) is 16.0. The summed E-state index contributed by atoms with van der Waals surface area (Å²) in [5, 5.41) is 4.71. The van der Waals surface area contributed by atoms with Crippen molar-refractivity contribution < 1.29 is 4.79 Å². The number of H-pyrrole nitrogens is 1. The van der Waals surface area contributed by atoms with Crippen molar-refractivity contribution >= 4 is 38.2 Å². The first-order valence-electron chi connectivity index (χ1n) is 8.08. The second-order valence-electron chi connectivity index (χ2n) is 6.16. The van der Waals surface area contributed by atoms with Gasteiger partial charge in [0.05, 0.1) is 10.3 Å². The number of benzene rings is 1. The fourth-order valence-electron chi connectivity index (χ4n) is 3.35. The van der Waals surface area contributed by atoms with Crippen LogP contribution in [0.25, 0.3) is 21.0 Å². The van der Waals surface area contributed by atoms with E-state index in [2.05, 4.69) is 10.3 Å². The molecule has 0 aliphatic heterocycles. The number of aromatic amines is 1. The topological polar surface area (TPSA) is 62.0 Å². The Morgan fingerprint density at radius 3 is 2.74 bits per heavy atom. The number of hydrogen-bond acceptors (Lipinski definition) is 3. The molecule has 0 unspecified atom stereocenters. The van der Waals surface area contributed by atoms with Crippen LogP contribution in [0, 0.1) is 0 Å². The van der Waals surface area contributed by atoms with E-state index in [9.17, 15) is 9.59 Å². The van der Waals surface area contributed by atoms with E-state index < -0.39 is 0 Å². The molecule has 2 heterocycles. The van der Waals surface area contributed by atoms with E-state index in [1.807, 2.05) is 24.3 Å². The molecule has 23 heavy (non-hydrogen) atoms. The lowest BCUT2D eigenvalue weighted by Crippen LogP contribution is -2.35. The zero-order chi connectivity index (χ0) is 15.8. The highest BCUT2D eigenvalue weighted by molar-refractivity contribution is 7.21. The molecule has 3 aromatic rings. The first-order chi connectivity index (χ1) is 11.2. The molecular formula is C18H18N2O2S. The fraction of sp³-hybridized carbons (Fsp3) is 0.333. The molecule has 5 heteroatoms. The summed E-state index contributed by atoms with van der Waals surface area (Å²) >= 11 is 1.41. The van der Waals surface area contributed by atoms with Gasteiger partial charge < -0.3 is 10.3 Å². The van der Waals surface area contributed by atoms with Gasteiger partial charge in [0.1, 0.15) is 0 Å². The lowest BCUT2D eigenvalue weighted by Gasteiger charge is -2.22. The molecule has 0 radical (unpaired) electrons. The van der Waals surface area contributed by atoms with Crippen LogP contribution in [0.4, 0.5) is 0 Å². The summed E-state index contributed by atoms with van der Waals surface area (Å²) in [5.41, 5.74) is 0.678. The summed E-state index contributed by atoms with van der Waals surface area (Å²) in [6.07, 6.45) is 5.74. The van der Waals surface area contributed by atoms with E-state index >= 15 is 0 Å². The van der Waals surface area contributed by atoms with E-state index in [1.165, 1.54) is 30.6 Å². The average Bonchev–Trinajstić information content (AvgIpc) is 3.02. The van der Waals surface area contributed by atoms with E-state index in [-0.39, 0.29) is 17.5 Å². The van der Waals surface area contributed by atoms with Gasteiger partial charge in [-0.2, -0.15) is 0 Å². The van der Waals surface area contributed by atoms with E-state index in [0.29, 0.717) is 10.3 Å². The smallest absolute Gasteiger partial charge is 0.261 e. The van der Waals surface area contributed by atoms with Crippen molar-refractivity contribution in [1.82, 2.24) is 10.3 Å². The molecule has 0 saturated heterocycles. The molecule has 0 spiro atoms. The fourth-order valence-corrected chi connectivity index (χ4v) is 4.45. The van der Waals surface area contributed by atoms with Crippen LogP contribution in [0.2, 0.25) is 0 Å². The minimum absolute atomic E-state index is 0.0541. The number of para-hydroxylation sites is 1. The number of rotatable bonds is 2. The van der Waals surface area contributed by atoms with Gasteiger partial charge in [-0.15, -0.1) is 11.3 Å². The third-order valence-corrected chi connectivity index (χ3v) is 5.73. The Hall–Kier alpha value is -2.14.